The number of pyridine rings is 2. The molecule has 4 heterocycles. The van der Waals surface area contributed by atoms with Gasteiger partial charge >= 0.3 is 37.0 Å². The van der Waals surface area contributed by atoms with Gasteiger partial charge in [-0.25, -0.2) is 24.4 Å². The Labute approximate surface area is 384 Å². The normalized spacial score (nSPS) is 13.6. The Morgan fingerprint density at radius 1 is 0.656 bits per heavy atom. The van der Waals surface area contributed by atoms with Gasteiger partial charge in [0.05, 0.1) is 12.5 Å². The Hall–Kier alpha value is -3.74. The van der Waals surface area contributed by atoms with E-state index in [1.807, 2.05) is 39.0 Å². The predicted molar refractivity (Wildman–Crippen MR) is 247 cm³/mol. The van der Waals surface area contributed by atoms with E-state index in [1.54, 1.807) is 46.2 Å². The van der Waals surface area contributed by atoms with E-state index >= 15 is 0 Å². The molecule has 61 heavy (non-hydrogen) atoms. The van der Waals surface area contributed by atoms with Crippen LogP contribution < -0.4 is 34.6 Å². The zero-order valence-corrected chi connectivity index (χ0v) is 31.9. The summed E-state index contributed by atoms with van der Waals surface area (Å²) in [5, 5.41) is 16.1. The van der Waals surface area contributed by atoms with Crippen molar-refractivity contribution in [1.29, 1.82) is 0 Å². The zero-order valence-electron chi connectivity index (χ0n) is 31.9. The van der Waals surface area contributed by atoms with Crippen molar-refractivity contribution in [3.8, 4) is 0 Å². The Bertz CT molecular complexity index is 1450. The number of ether oxygens (including phenoxy) is 2. The summed E-state index contributed by atoms with van der Waals surface area (Å²) < 4.78 is 10.4. The molecule has 0 aromatic carbocycles. The van der Waals surface area contributed by atoms with Gasteiger partial charge in [-0.1, -0.05) is 66.8 Å². The van der Waals surface area contributed by atoms with E-state index in [2.05, 4.69) is 30.4 Å². The first-order valence-corrected chi connectivity index (χ1v) is 17.4. The number of rotatable bonds is 10. The van der Waals surface area contributed by atoms with E-state index < -0.39 is 29.4 Å². The van der Waals surface area contributed by atoms with Crippen LogP contribution in [0.3, 0.4) is 0 Å². The quantitative estimate of drug-likeness (QED) is 0.138. The summed E-state index contributed by atoms with van der Waals surface area (Å²) in [6, 6.07) is 7.43. The molecule has 2 aliphatic rings. The number of carbonyl (C=O) groups excluding carboxylic acids is 4. The minimum Gasteiger partial charge on any atom is -0.550 e. The number of piperidine rings is 2. The number of carboxylic acid groups (broad SMARTS) is 1. The second-order valence-corrected chi connectivity index (χ2v) is 14.6. The van der Waals surface area contributed by atoms with Crippen LogP contribution in [0.5, 0.6) is 0 Å². The molecule has 0 atom stereocenters. The Kier molecular flexibility index (Phi) is 43.8. The smallest absolute Gasteiger partial charge is 0.550 e. The third kappa shape index (κ3) is 30.0. The van der Waals surface area contributed by atoms with Crippen LogP contribution in [0.1, 0.15) is 152 Å². The monoisotopic (exact) mass is 865 g/mol. The van der Waals surface area contributed by atoms with Crippen LogP contribution in [0.25, 0.3) is 0 Å². The molecular weight excluding hydrogens is 775 g/mol. The number of amides is 2. The van der Waals surface area contributed by atoms with Crippen molar-refractivity contribution in [2.45, 2.75) is 165 Å². The van der Waals surface area contributed by atoms with Crippen LogP contribution >= 0.6 is 0 Å². The van der Waals surface area contributed by atoms with E-state index in [9.17, 15) is 24.3 Å². The van der Waals surface area contributed by atoms with Gasteiger partial charge in [-0.2, -0.15) is 4.89 Å². The molecular formula is C45H89LiN6O9. The van der Waals surface area contributed by atoms with Gasteiger partial charge in [0, 0.05) is 37.4 Å². The zero-order chi connectivity index (χ0) is 37.6. The fourth-order valence-corrected chi connectivity index (χ4v) is 5.45. The molecule has 2 aliphatic heterocycles. The number of likely N-dealkylation sites (tertiary alicyclic amines) is 2. The number of aromatic nitrogens is 2. The summed E-state index contributed by atoms with van der Waals surface area (Å²) in [6.45, 7) is 17.4. The second kappa shape index (κ2) is 35.8. The fraction of sp³-hybridized carbons (Fsp3) is 0.689. The average molecular weight is 865 g/mol. The molecule has 2 saturated heterocycles. The molecule has 16 heteroatoms. The number of anilines is 2. The average Bonchev–Trinajstić information content (AvgIpc) is 3.03. The van der Waals surface area contributed by atoms with Crippen molar-refractivity contribution in [3.05, 3.63) is 47.8 Å². The first-order chi connectivity index (χ1) is 24.0. The van der Waals surface area contributed by atoms with Crippen molar-refractivity contribution in [2.24, 2.45) is 11.8 Å². The number of nitrogens with zero attached hydrogens (tertiary/aromatic N) is 4. The molecule has 2 amide bonds. The molecule has 15 nitrogen and oxygen atoms in total. The third-order valence-electron chi connectivity index (χ3n) is 7.82. The number of hydrogen-bond donors (Lipinski definition) is 2. The van der Waals surface area contributed by atoms with Crippen molar-refractivity contribution >= 4 is 35.8 Å². The molecule has 0 bridgehead atoms. The Balaban J connectivity index is -0.000000132. The Morgan fingerprint density at radius 2 is 1.00 bits per heavy atom. The summed E-state index contributed by atoms with van der Waals surface area (Å²) >= 11 is 0. The molecule has 0 aliphatic carbocycles. The van der Waals surface area contributed by atoms with Gasteiger partial charge in [0.1, 0.15) is 22.8 Å². The van der Waals surface area contributed by atoms with Crippen LogP contribution in [0.2, 0.25) is 0 Å². The van der Waals surface area contributed by atoms with E-state index in [0.717, 1.165) is 56.7 Å². The molecule has 354 valence electrons. The van der Waals surface area contributed by atoms with Crippen LogP contribution in [0.4, 0.5) is 21.2 Å². The maximum Gasteiger partial charge on any atom is 1.00 e. The van der Waals surface area contributed by atoms with Crippen LogP contribution in [0.15, 0.2) is 36.7 Å². The molecule has 0 saturated carbocycles. The van der Waals surface area contributed by atoms with Gasteiger partial charge in [0.25, 0.3) is 0 Å². The fourth-order valence-electron chi connectivity index (χ4n) is 5.45. The van der Waals surface area contributed by atoms with E-state index in [4.69, 9.17) is 19.2 Å². The maximum atomic E-state index is 11.9. The van der Waals surface area contributed by atoms with E-state index in [1.165, 1.54) is 0 Å². The first kappa shape index (κ1) is 74.7. The van der Waals surface area contributed by atoms with Crippen LogP contribution in [0, 0.1) is 11.8 Å². The van der Waals surface area contributed by atoms with Crippen molar-refractivity contribution < 1.29 is 62.4 Å². The summed E-state index contributed by atoms with van der Waals surface area (Å²) in [5.41, 5.74) is 0.912. The predicted octanol–water partition coefficient (Wildman–Crippen LogP) is 7.25. The summed E-state index contributed by atoms with van der Waals surface area (Å²) in [6.07, 6.45) is 4.92. The van der Waals surface area contributed by atoms with Crippen molar-refractivity contribution in [1.82, 2.24) is 19.8 Å². The minimum absolute atomic E-state index is 0. The van der Waals surface area contributed by atoms with Crippen LogP contribution in [-0.4, -0.2) is 87.9 Å². The standard InChI is InChI=1S/C19H29N3O5.C17H25N3O4.9CH4.Li/c1-5-25-27-17(23)15-7-10-22(11-8-15)13-14-6-9-20-16(12-14)21-18(24)26-19(2,3)4;1-17(2,3)24-16(23)19-14-10-12(4-7-18-14)11-20-8-5-13(6-9-20)15(21)22;;;;;;;;;;/h6,9,12,15H,5,7-8,10-11,13H2,1-4H3,(H,20,21,24);4,7,10,13H,5-6,8-9,11H2,1-3H3,(H,21,22)(H,18,19,23);9*1H4;/q;;;;;;;;;;;+1/p-1. The molecule has 0 spiro atoms. The molecule has 0 radical (unpaired) electrons. The van der Waals surface area contributed by atoms with Gasteiger partial charge in [-0.15, -0.1) is 0 Å². The van der Waals surface area contributed by atoms with Gasteiger partial charge in [-0.3, -0.25) is 25.3 Å². The molecule has 2 aromatic rings. The maximum absolute atomic E-state index is 11.9. The largest absolute Gasteiger partial charge is 1.00 e. The number of carboxylic acids is 1. The third-order valence-corrected chi connectivity index (χ3v) is 7.82. The Morgan fingerprint density at radius 3 is 1.31 bits per heavy atom. The first-order valence-electron chi connectivity index (χ1n) is 17.4. The summed E-state index contributed by atoms with van der Waals surface area (Å²) in [5.74, 6) is -0.812. The molecule has 2 N–H and O–H groups in total. The summed E-state index contributed by atoms with van der Waals surface area (Å²) in [7, 11) is 0. The van der Waals surface area contributed by atoms with Crippen molar-refractivity contribution in [3.63, 3.8) is 0 Å². The van der Waals surface area contributed by atoms with Gasteiger partial charge in [-0.05, 0) is 136 Å². The number of carbonyl (C=O) groups is 4. The number of hydrogen-bond acceptors (Lipinski definition) is 13. The molecule has 2 aromatic heterocycles. The summed E-state index contributed by atoms with van der Waals surface area (Å²) in [4.78, 5) is 68.6. The number of nitrogens with one attached hydrogen (secondary N) is 2. The molecule has 0 unspecified atom stereocenters. The van der Waals surface area contributed by atoms with Gasteiger partial charge < -0.3 is 19.4 Å². The van der Waals surface area contributed by atoms with Crippen LogP contribution in [-0.2, 0) is 41.9 Å². The molecule has 4 rings (SSSR count). The van der Waals surface area contributed by atoms with E-state index in [0.29, 0.717) is 37.6 Å². The minimum atomic E-state index is -0.956. The second-order valence-electron chi connectivity index (χ2n) is 14.6. The SMILES string of the molecule is C.C.C.C.C.C.C.C.C.CC(C)(C)OC(=O)Nc1cc(CN2CCC(C(=O)[O-])CC2)ccn1.CCOOC(=O)C1CCN(Cc2ccnc(NC(=O)OC(C)(C)C)c2)CC1.[Li+]. The van der Waals surface area contributed by atoms with Crippen molar-refractivity contribution in [2.75, 3.05) is 43.4 Å². The van der Waals surface area contributed by atoms with Gasteiger partial charge in [0.2, 0.25) is 0 Å². The molecule has 2 fully saturated rings. The van der Waals surface area contributed by atoms with Gasteiger partial charge in [0.15, 0.2) is 0 Å². The number of aliphatic carboxylic acids is 1. The topological polar surface area (TPSA) is 185 Å². The van der Waals surface area contributed by atoms with E-state index in [-0.39, 0.29) is 104 Å².